The zero-order chi connectivity index (χ0) is 7.84. The molecule has 0 aliphatic rings. The summed E-state index contributed by atoms with van der Waals surface area (Å²) in [5.41, 5.74) is 2.07. The van der Waals surface area contributed by atoms with Gasteiger partial charge >= 0.3 is 0 Å². The van der Waals surface area contributed by atoms with Crippen LogP contribution in [0.15, 0.2) is 24.5 Å². The molecule has 2 nitrogen and oxygen atoms in total. The van der Waals surface area contributed by atoms with Crippen molar-refractivity contribution < 1.29 is 0 Å². The molecular weight excluding hydrogens is 160 g/mol. The van der Waals surface area contributed by atoms with E-state index in [-0.39, 0.29) is 0 Å². The number of hydrogen-bond acceptors (Lipinski definition) is 1. The largest absolute Gasteiger partial charge is 0.290 e. The first kappa shape index (κ1) is 6.68. The van der Waals surface area contributed by atoms with Gasteiger partial charge in [-0.25, -0.2) is 4.98 Å². The van der Waals surface area contributed by atoms with Crippen molar-refractivity contribution in [2.24, 2.45) is 0 Å². The number of hydrogen-bond donors (Lipinski definition) is 0. The number of pyridine rings is 1. The summed E-state index contributed by atoms with van der Waals surface area (Å²) in [6.45, 7) is 2.01. The molecule has 0 spiro atoms. The smallest absolute Gasteiger partial charge is 0.140 e. The van der Waals surface area contributed by atoms with Gasteiger partial charge in [0.1, 0.15) is 10.8 Å². The first-order chi connectivity index (χ1) is 5.29. The highest BCUT2D eigenvalue weighted by molar-refractivity contribution is 6.29. The van der Waals surface area contributed by atoms with Gasteiger partial charge in [-0.15, -0.1) is 0 Å². The number of rotatable bonds is 0. The molecule has 0 aromatic carbocycles. The quantitative estimate of drug-likeness (QED) is 0.587. The van der Waals surface area contributed by atoms with Gasteiger partial charge in [0.05, 0.1) is 6.20 Å². The molecule has 11 heavy (non-hydrogen) atoms. The lowest BCUT2D eigenvalue weighted by Crippen LogP contribution is -1.85. The van der Waals surface area contributed by atoms with Gasteiger partial charge in [0.15, 0.2) is 0 Å². The van der Waals surface area contributed by atoms with Gasteiger partial charge in [-0.1, -0.05) is 17.7 Å². The molecule has 0 radical (unpaired) electrons. The maximum absolute atomic E-state index is 5.85. The van der Waals surface area contributed by atoms with E-state index >= 15 is 0 Å². The molecule has 2 aromatic heterocycles. The molecule has 0 atom stereocenters. The molecule has 0 aliphatic heterocycles. The number of fused-ring (bicyclic) bond motifs is 1. The van der Waals surface area contributed by atoms with Crippen molar-refractivity contribution in [1.29, 1.82) is 0 Å². The highest BCUT2D eigenvalue weighted by atomic mass is 35.5. The molecule has 0 N–H and O–H groups in total. The van der Waals surface area contributed by atoms with Crippen LogP contribution in [0.2, 0.25) is 5.15 Å². The minimum Gasteiger partial charge on any atom is -0.290 e. The first-order valence-corrected chi connectivity index (χ1v) is 3.75. The third-order valence-corrected chi connectivity index (χ3v) is 1.97. The van der Waals surface area contributed by atoms with Crippen LogP contribution >= 0.6 is 11.6 Å². The fourth-order valence-electron chi connectivity index (χ4n) is 1.12. The van der Waals surface area contributed by atoms with Crippen molar-refractivity contribution in [3.8, 4) is 0 Å². The van der Waals surface area contributed by atoms with Crippen LogP contribution in [0.1, 0.15) is 5.56 Å². The van der Waals surface area contributed by atoms with Gasteiger partial charge in [0.25, 0.3) is 0 Å². The Balaban J connectivity index is 2.94. The van der Waals surface area contributed by atoms with Gasteiger partial charge in [-0.2, -0.15) is 0 Å². The summed E-state index contributed by atoms with van der Waals surface area (Å²) in [7, 11) is 0. The van der Waals surface area contributed by atoms with Crippen molar-refractivity contribution in [3.63, 3.8) is 0 Å². The molecule has 0 amide bonds. The predicted molar refractivity (Wildman–Crippen MR) is 44.9 cm³/mol. The molecule has 2 rings (SSSR count). The van der Waals surface area contributed by atoms with E-state index in [0.717, 1.165) is 11.2 Å². The lowest BCUT2D eigenvalue weighted by molar-refractivity contribution is 1.16. The van der Waals surface area contributed by atoms with Crippen molar-refractivity contribution in [2.45, 2.75) is 6.92 Å². The number of aryl methyl sites for hydroxylation is 1. The second-order valence-corrected chi connectivity index (χ2v) is 2.85. The Bertz CT molecular complexity index is 392. The highest BCUT2D eigenvalue weighted by Crippen LogP contribution is 2.14. The van der Waals surface area contributed by atoms with E-state index in [0.29, 0.717) is 5.15 Å². The second-order valence-electron chi connectivity index (χ2n) is 2.47. The van der Waals surface area contributed by atoms with Crippen LogP contribution < -0.4 is 0 Å². The number of nitrogens with zero attached hydrogens (tertiary/aromatic N) is 2. The Hall–Kier alpha value is -1.02. The van der Waals surface area contributed by atoms with Crippen LogP contribution in [0.3, 0.4) is 0 Å². The number of halogens is 1. The Labute approximate surface area is 69.4 Å². The normalized spacial score (nSPS) is 10.7. The molecule has 3 heteroatoms. The van der Waals surface area contributed by atoms with Crippen LogP contribution in [0.4, 0.5) is 0 Å². The lowest BCUT2D eigenvalue weighted by Gasteiger charge is -1.95. The fraction of sp³-hybridized carbons (Fsp3) is 0.125. The van der Waals surface area contributed by atoms with E-state index in [1.807, 2.05) is 29.7 Å². The number of aromatic nitrogens is 2. The Morgan fingerprint density at radius 2 is 2.36 bits per heavy atom. The van der Waals surface area contributed by atoms with Gasteiger partial charge in [0.2, 0.25) is 0 Å². The SMILES string of the molecule is Cc1cccn2c(Cl)cnc12. The van der Waals surface area contributed by atoms with Gasteiger partial charge in [-0.05, 0) is 18.6 Å². The predicted octanol–water partition coefficient (Wildman–Crippen LogP) is 2.30. The van der Waals surface area contributed by atoms with Gasteiger partial charge < -0.3 is 0 Å². The third kappa shape index (κ3) is 0.906. The van der Waals surface area contributed by atoms with E-state index in [1.165, 1.54) is 0 Å². The van der Waals surface area contributed by atoms with Crippen LogP contribution in [0.5, 0.6) is 0 Å². The summed E-state index contributed by atoms with van der Waals surface area (Å²) in [6, 6.07) is 3.97. The maximum atomic E-state index is 5.85. The Morgan fingerprint density at radius 1 is 1.55 bits per heavy atom. The minimum absolute atomic E-state index is 0.656. The number of imidazole rings is 1. The summed E-state index contributed by atoms with van der Waals surface area (Å²) >= 11 is 5.85. The van der Waals surface area contributed by atoms with Crippen LogP contribution in [-0.4, -0.2) is 9.38 Å². The molecule has 0 bridgehead atoms. The second kappa shape index (κ2) is 2.24. The van der Waals surface area contributed by atoms with Gasteiger partial charge in [0, 0.05) is 6.20 Å². The van der Waals surface area contributed by atoms with Crippen molar-refractivity contribution in [2.75, 3.05) is 0 Å². The van der Waals surface area contributed by atoms with E-state index in [4.69, 9.17) is 11.6 Å². The van der Waals surface area contributed by atoms with Crippen molar-refractivity contribution >= 4 is 17.2 Å². The summed E-state index contributed by atoms with van der Waals surface area (Å²) in [6.07, 6.45) is 3.56. The molecular formula is C8H7ClN2. The summed E-state index contributed by atoms with van der Waals surface area (Å²) in [5, 5.41) is 0.656. The molecule has 0 saturated carbocycles. The van der Waals surface area contributed by atoms with E-state index in [9.17, 15) is 0 Å². The molecule has 56 valence electrons. The van der Waals surface area contributed by atoms with E-state index in [2.05, 4.69) is 4.98 Å². The minimum atomic E-state index is 0.656. The average Bonchev–Trinajstić information content (AvgIpc) is 2.35. The van der Waals surface area contributed by atoms with E-state index in [1.54, 1.807) is 6.20 Å². The van der Waals surface area contributed by atoms with Crippen LogP contribution in [-0.2, 0) is 0 Å². The van der Waals surface area contributed by atoms with Crippen molar-refractivity contribution in [1.82, 2.24) is 9.38 Å². The molecule has 2 aromatic rings. The van der Waals surface area contributed by atoms with Crippen molar-refractivity contribution in [3.05, 3.63) is 35.2 Å². The Morgan fingerprint density at radius 3 is 3.09 bits per heavy atom. The first-order valence-electron chi connectivity index (χ1n) is 3.37. The lowest BCUT2D eigenvalue weighted by atomic mass is 10.3. The van der Waals surface area contributed by atoms with Crippen LogP contribution in [0, 0.1) is 6.92 Å². The average molecular weight is 167 g/mol. The summed E-state index contributed by atoms with van der Waals surface area (Å²) < 4.78 is 1.86. The fourth-order valence-corrected chi connectivity index (χ4v) is 1.31. The zero-order valence-electron chi connectivity index (χ0n) is 6.08. The monoisotopic (exact) mass is 166 g/mol. The third-order valence-electron chi connectivity index (χ3n) is 1.69. The topological polar surface area (TPSA) is 17.3 Å². The molecule has 0 unspecified atom stereocenters. The zero-order valence-corrected chi connectivity index (χ0v) is 6.84. The van der Waals surface area contributed by atoms with Gasteiger partial charge in [-0.3, -0.25) is 4.40 Å². The molecule has 0 saturated heterocycles. The molecule has 0 aliphatic carbocycles. The van der Waals surface area contributed by atoms with Crippen LogP contribution in [0.25, 0.3) is 5.65 Å². The summed E-state index contributed by atoms with van der Waals surface area (Å²) in [5.74, 6) is 0. The Kier molecular flexibility index (Phi) is 1.36. The van der Waals surface area contributed by atoms with E-state index < -0.39 is 0 Å². The standard InChI is InChI=1S/C8H7ClN2/c1-6-3-2-4-11-7(9)5-10-8(6)11/h2-5H,1H3. The highest BCUT2D eigenvalue weighted by Gasteiger charge is 2.00. The molecule has 0 fully saturated rings. The summed E-state index contributed by atoms with van der Waals surface area (Å²) in [4.78, 5) is 4.15. The maximum Gasteiger partial charge on any atom is 0.140 e. The molecule has 2 heterocycles.